The smallest absolute Gasteiger partial charge is 0.249 e. The van der Waals surface area contributed by atoms with Crippen molar-refractivity contribution in [3.8, 4) is 11.3 Å². The Morgan fingerprint density at radius 3 is 2.58 bits per heavy atom. The van der Waals surface area contributed by atoms with E-state index in [-0.39, 0.29) is 18.0 Å². The lowest BCUT2D eigenvalue weighted by molar-refractivity contribution is -0.119. The van der Waals surface area contributed by atoms with E-state index in [1.165, 1.54) is 0 Å². The minimum absolute atomic E-state index is 0.0949. The van der Waals surface area contributed by atoms with Gasteiger partial charge in [-0.15, -0.1) is 0 Å². The van der Waals surface area contributed by atoms with Gasteiger partial charge >= 0.3 is 0 Å². The van der Waals surface area contributed by atoms with Gasteiger partial charge in [-0.2, -0.15) is 0 Å². The van der Waals surface area contributed by atoms with Crippen LogP contribution < -0.4 is 15.1 Å². The number of nitrogens with zero attached hydrogens (tertiary/aromatic N) is 5. The van der Waals surface area contributed by atoms with Gasteiger partial charge in [-0.25, -0.2) is 9.97 Å². The van der Waals surface area contributed by atoms with Crippen molar-refractivity contribution in [2.45, 2.75) is 32.9 Å². The number of benzene rings is 2. The number of likely N-dealkylation sites (N-methyl/N-ethyl adjacent to an activating group) is 1. The van der Waals surface area contributed by atoms with E-state index < -0.39 is 0 Å². The fraction of sp³-hybridized carbons (Fsp3) is 0.231. The summed E-state index contributed by atoms with van der Waals surface area (Å²) < 4.78 is 0. The van der Waals surface area contributed by atoms with Crippen LogP contribution in [0.3, 0.4) is 0 Å². The molecule has 0 fully saturated rings. The topological polar surface area (TPSA) is 74.2 Å². The van der Waals surface area contributed by atoms with Crippen LogP contribution in [0.1, 0.15) is 20.8 Å². The molecular formula is C26H26N6O. The Morgan fingerprint density at radius 2 is 1.76 bits per heavy atom. The molecule has 0 aliphatic carbocycles. The number of aromatic nitrogens is 3. The molecule has 3 heterocycles. The van der Waals surface area contributed by atoms with Gasteiger partial charge in [-0.3, -0.25) is 9.78 Å². The number of anilines is 4. The summed E-state index contributed by atoms with van der Waals surface area (Å²) in [6, 6.07) is 17.9. The number of carbonyl (C=O) groups is 1. The van der Waals surface area contributed by atoms with Gasteiger partial charge in [0.2, 0.25) is 11.9 Å². The average Bonchev–Trinajstić information content (AvgIpc) is 2.82. The van der Waals surface area contributed by atoms with Crippen LogP contribution in [0, 0.1) is 0 Å². The van der Waals surface area contributed by atoms with Gasteiger partial charge in [0.15, 0.2) is 0 Å². The Bertz CT molecular complexity index is 1350. The molecule has 1 aliphatic rings. The van der Waals surface area contributed by atoms with Gasteiger partial charge < -0.3 is 15.1 Å². The molecule has 0 saturated heterocycles. The zero-order valence-corrected chi connectivity index (χ0v) is 19.1. The largest absolute Gasteiger partial charge is 0.356 e. The normalized spacial score (nSPS) is 15.8. The molecule has 2 aromatic carbocycles. The third-order valence-corrected chi connectivity index (χ3v) is 6.11. The zero-order chi connectivity index (χ0) is 23.1. The minimum Gasteiger partial charge on any atom is -0.356 e. The highest BCUT2D eigenvalue weighted by Gasteiger charge is 2.34. The third kappa shape index (κ3) is 3.65. The zero-order valence-electron chi connectivity index (χ0n) is 19.1. The Balaban J connectivity index is 1.51. The number of hydrogen-bond acceptors (Lipinski definition) is 6. The maximum atomic E-state index is 12.7. The first-order valence-corrected chi connectivity index (χ1v) is 11.1. The fourth-order valence-corrected chi connectivity index (χ4v) is 4.56. The molecule has 7 nitrogen and oxygen atoms in total. The molecule has 2 aromatic heterocycles. The molecule has 4 aromatic rings. The fourth-order valence-electron chi connectivity index (χ4n) is 4.56. The molecule has 0 saturated carbocycles. The number of nitrogens with one attached hydrogen (secondary N) is 1. The van der Waals surface area contributed by atoms with Crippen molar-refractivity contribution in [1.82, 2.24) is 15.0 Å². The Morgan fingerprint density at radius 1 is 0.970 bits per heavy atom. The quantitative estimate of drug-likeness (QED) is 0.483. The summed E-state index contributed by atoms with van der Waals surface area (Å²) in [5.74, 6) is 0.607. The van der Waals surface area contributed by atoms with E-state index >= 15 is 0 Å². The van der Waals surface area contributed by atoms with Gasteiger partial charge in [0, 0.05) is 42.1 Å². The lowest BCUT2D eigenvalue weighted by Crippen LogP contribution is -2.53. The van der Waals surface area contributed by atoms with Gasteiger partial charge in [0.05, 0.1) is 22.6 Å². The highest BCUT2D eigenvalue weighted by atomic mass is 16.2. The average molecular weight is 439 g/mol. The summed E-state index contributed by atoms with van der Waals surface area (Å²) in [5, 5.41) is 4.39. The van der Waals surface area contributed by atoms with Crippen LogP contribution in [0.5, 0.6) is 0 Å². The third-order valence-electron chi connectivity index (χ3n) is 6.11. The molecule has 7 heteroatoms. The summed E-state index contributed by atoms with van der Waals surface area (Å²) in [5.41, 5.74) is 5.55. The number of pyridine rings is 1. The van der Waals surface area contributed by atoms with E-state index in [1.54, 1.807) is 17.3 Å². The van der Waals surface area contributed by atoms with Crippen molar-refractivity contribution in [3.05, 3.63) is 67.0 Å². The lowest BCUT2D eigenvalue weighted by Gasteiger charge is -2.42. The number of para-hydroxylation sites is 1. The maximum Gasteiger partial charge on any atom is 0.249 e. The van der Waals surface area contributed by atoms with Crippen molar-refractivity contribution in [2.24, 2.45) is 0 Å². The highest BCUT2D eigenvalue weighted by molar-refractivity contribution is 6.05. The molecule has 0 radical (unpaired) electrons. The molecule has 1 N–H and O–H groups in total. The molecule has 166 valence electrons. The lowest BCUT2D eigenvalue weighted by atomic mass is 10.0. The first kappa shape index (κ1) is 20.9. The highest BCUT2D eigenvalue weighted by Crippen LogP contribution is 2.39. The van der Waals surface area contributed by atoms with Crippen molar-refractivity contribution < 1.29 is 4.79 Å². The van der Waals surface area contributed by atoms with Gasteiger partial charge in [-0.1, -0.05) is 18.2 Å². The van der Waals surface area contributed by atoms with E-state index in [0.717, 1.165) is 39.2 Å². The Labute approximate surface area is 193 Å². The maximum absolute atomic E-state index is 12.7. The summed E-state index contributed by atoms with van der Waals surface area (Å²) >= 11 is 0. The molecule has 0 spiro atoms. The van der Waals surface area contributed by atoms with Crippen LogP contribution in [0.15, 0.2) is 67.0 Å². The summed E-state index contributed by atoms with van der Waals surface area (Å²) in [6.07, 6.45) is 3.56. The first-order valence-electron chi connectivity index (χ1n) is 11.1. The summed E-state index contributed by atoms with van der Waals surface area (Å²) in [6.45, 7) is 6.16. The van der Waals surface area contributed by atoms with Crippen LogP contribution in [-0.2, 0) is 4.79 Å². The number of rotatable bonds is 4. The Kier molecular flexibility index (Phi) is 5.17. The minimum atomic E-state index is -0.225. The monoisotopic (exact) mass is 438 g/mol. The standard InChI is InChI=1S/C26H26N6O/c1-16(2)32-17(3)25(33)31(4)23-10-9-18(15-24(23)32)29-26-28-14-12-22(30-26)20-11-13-27-21-8-6-5-7-19(20)21/h5-17H,1-4H3,(H,28,29,30). The second kappa shape index (κ2) is 8.16. The van der Waals surface area contributed by atoms with E-state index in [9.17, 15) is 4.79 Å². The molecule has 33 heavy (non-hydrogen) atoms. The molecule has 1 amide bonds. The number of carbonyl (C=O) groups excluding carboxylic acids is 1. The number of hydrogen-bond donors (Lipinski definition) is 1. The van der Waals surface area contributed by atoms with Crippen LogP contribution >= 0.6 is 0 Å². The van der Waals surface area contributed by atoms with Gasteiger partial charge in [0.1, 0.15) is 6.04 Å². The van der Waals surface area contributed by atoms with E-state index in [0.29, 0.717) is 5.95 Å². The van der Waals surface area contributed by atoms with E-state index in [4.69, 9.17) is 4.98 Å². The SMILES string of the molecule is CC(C)N1c2cc(Nc3nccc(-c4ccnc5ccccc45)n3)ccc2N(C)C(=O)C1C. The van der Waals surface area contributed by atoms with Crippen LogP contribution in [0.25, 0.3) is 22.2 Å². The number of fused-ring (bicyclic) bond motifs is 2. The van der Waals surface area contributed by atoms with Crippen molar-refractivity contribution in [3.63, 3.8) is 0 Å². The molecule has 0 bridgehead atoms. The molecule has 1 unspecified atom stereocenters. The second-order valence-corrected chi connectivity index (χ2v) is 8.54. The summed E-state index contributed by atoms with van der Waals surface area (Å²) in [7, 11) is 1.83. The first-order chi connectivity index (χ1) is 15.9. The predicted molar refractivity (Wildman–Crippen MR) is 133 cm³/mol. The number of amides is 1. The molecular weight excluding hydrogens is 412 g/mol. The predicted octanol–water partition coefficient (Wildman–Crippen LogP) is 5.02. The molecule has 1 atom stereocenters. The molecule has 5 rings (SSSR count). The van der Waals surface area contributed by atoms with Gasteiger partial charge in [-0.05, 0) is 57.2 Å². The van der Waals surface area contributed by atoms with Crippen LogP contribution in [0.2, 0.25) is 0 Å². The second-order valence-electron chi connectivity index (χ2n) is 8.54. The van der Waals surface area contributed by atoms with Crippen molar-refractivity contribution in [2.75, 3.05) is 22.2 Å². The van der Waals surface area contributed by atoms with Crippen molar-refractivity contribution >= 4 is 39.8 Å². The van der Waals surface area contributed by atoms with Crippen molar-refractivity contribution in [1.29, 1.82) is 0 Å². The van der Waals surface area contributed by atoms with Crippen LogP contribution in [-0.4, -0.2) is 40.0 Å². The molecule has 1 aliphatic heterocycles. The van der Waals surface area contributed by atoms with E-state index in [2.05, 4.69) is 46.2 Å². The van der Waals surface area contributed by atoms with Gasteiger partial charge in [0.25, 0.3) is 0 Å². The van der Waals surface area contributed by atoms with E-state index in [1.807, 2.05) is 56.4 Å². The van der Waals surface area contributed by atoms with Crippen LogP contribution in [0.4, 0.5) is 23.0 Å². The summed E-state index contributed by atoms with van der Waals surface area (Å²) in [4.78, 5) is 30.2. The Hall–Kier alpha value is -4.00.